The van der Waals surface area contributed by atoms with Crippen LogP contribution >= 0.6 is 11.6 Å². The Morgan fingerprint density at radius 1 is 1.19 bits per heavy atom. The largest absolute Gasteiger partial charge is 0.123 e. The first-order valence-electron chi connectivity index (χ1n) is 6.33. The molecule has 0 amide bonds. The van der Waals surface area contributed by atoms with Crippen LogP contribution in [-0.2, 0) is 6.42 Å². The highest BCUT2D eigenvalue weighted by Gasteiger charge is 2.07. The molecule has 90 valence electrons. The number of alkyl halides is 1. The second-order valence-corrected chi connectivity index (χ2v) is 5.34. The van der Waals surface area contributed by atoms with E-state index in [2.05, 4.69) is 39.0 Å². The van der Waals surface area contributed by atoms with Crippen molar-refractivity contribution >= 4 is 11.6 Å². The number of unbranched alkanes of at least 4 members (excludes halogenated alkanes) is 2. The molecule has 1 aromatic rings. The zero-order chi connectivity index (χ0) is 12.0. The number of rotatable bonds is 6. The molecule has 1 atom stereocenters. The van der Waals surface area contributed by atoms with Gasteiger partial charge < -0.3 is 0 Å². The maximum atomic E-state index is 6.38. The van der Waals surface area contributed by atoms with E-state index in [4.69, 9.17) is 11.6 Å². The minimum Gasteiger partial charge on any atom is -0.123 e. The third-order valence-corrected chi connectivity index (χ3v) is 3.44. The van der Waals surface area contributed by atoms with Crippen molar-refractivity contribution in [3.05, 3.63) is 34.9 Å². The molecule has 1 rings (SSSR count). The predicted molar refractivity (Wildman–Crippen MR) is 73.4 cm³/mol. The Morgan fingerprint density at radius 2 is 1.94 bits per heavy atom. The number of aryl methyl sites for hydroxylation is 2. The van der Waals surface area contributed by atoms with E-state index >= 15 is 0 Å². The molecule has 0 fully saturated rings. The normalized spacial score (nSPS) is 12.8. The van der Waals surface area contributed by atoms with Crippen LogP contribution in [-0.4, -0.2) is 5.38 Å². The molecule has 0 aliphatic rings. The summed E-state index contributed by atoms with van der Waals surface area (Å²) in [6, 6.07) is 6.63. The lowest BCUT2D eigenvalue weighted by atomic mass is 9.99. The number of hydrogen-bond donors (Lipinski definition) is 0. The van der Waals surface area contributed by atoms with E-state index in [0.29, 0.717) is 5.38 Å². The molecule has 1 heteroatoms. The Balaban J connectivity index is 2.48. The lowest BCUT2D eigenvalue weighted by Gasteiger charge is -2.12. The number of halogens is 1. The zero-order valence-corrected chi connectivity index (χ0v) is 11.5. The number of benzene rings is 1. The highest BCUT2D eigenvalue weighted by molar-refractivity contribution is 6.20. The van der Waals surface area contributed by atoms with Crippen LogP contribution in [0.1, 0.15) is 49.3 Å². The van der Waals surface area contributed by atoms with Crippen molar-refractivity contribution in [2.45, 2.75) is 58.3 Å². The summed E-state index contributed by atoms with van der Waals surface area (Å²) in [6.45, 7) is 6.54. The second-order valence-electron chi connectivity index (χ2n) is 4.73. The van der Waals surface area contributed by atoms with Crippen molar-refractivity contribution in [1.29, 1.82) is 0 Å². The molecule has 16 heavy (non-hydrogen) atoms. The van der Waals surface area contributed by atoms with Crippen molar-refractivity contribution in [2.24, 2.45) is 0 Å². The first-order valence-corrected chi connectivity index (χ1v) is 6.77. The monoisotopic (exact) mass is 238 g/mol. The van der Waals surface area contributed by atoms with Gasteiger partial charge in [0.2, 0.25) is 0 Å². The van der Waals surface area contributed by atoms with Crippen LogP contribution in [0, 0.1) is 13.8 Å². The summed E-state index contributed by atoms with van der Waals surface area (Å²) < 4.78 is 0. The van der Waals surface area contributed by atoms with E-state index in [-0.39, 0.29) is 0 Å². The molecule has 0 heterocycles. The van der Waals surface area contributed by atoms with Crippen LogP contribution in [0.2, 0.25) is 0 Å². The van der Waals surface area contributed by atoms with Crippen molar-refractivity contribution in [3.63, 3.8) is 0 Å². The van der Waals surface area contributed by atoms with Gasteiger partial charge in [-0.15, -0.1) is 11.6 Å². The van der Waals surface area contributed by atoms with Gasteiger partial charge in [0, 0.05) is 5.38 Å². The van der Waals surface area contributed by atoms with Gasteiger partial charge in [0.15, 0.2) is 0 Å². The third-order valence-electron chi connectivity index (χ3n) is 3.07. The Morgan fingerprint density at radius 3 is 2.62 bits per heavy atom. The molecule has 0 saturated carbocycles. The van der Waals surface area contributed by atoms with Gasteiger partial charge in [0.1, 0.15) is 0 Å². The van der Waals surface area contributed by atoms with Gasteiger partial charge in [-0.1, -0.05) is 49.9 Å². The summed E-state index contributed by atoms with van der Waals surface area (Å²) in [5.41, 5.74) is 4.11. The summed E-state index contributed by atoms with van der Waals surface area (Å²) in [6.07, 6.45) is 5.99. The second kappa shape index (κ2) is 6.96. The molecule has 0 nitrogen and oxygen atoms in total. The summed E-state index contributed by atoms with van der Waals surface area (Å²) in [5.74, 6) is 0. The lowest BCUT2D eigenvalue weighted by molar-refractivity contribution is 0.637. The highest BCUT2D eigenvalue weighted by Crippen LogP contribution is 2.18. The Kier molecular flexibility index (Phi) is 5.90. The lowest BCUT2D eigenvalue weighted by Crippen LogP contribution is -2.05. The van der Waals surface area contributed by atoms with Crippen LogP contribution in [0.25, 0.3) is 0 Å². The topological polar surface area (TPSA) is 0 Å². The predicted octanol–water partition coefficient (Wildman–Crippen LogP) is 5.03. The summed E-state index contributed by atoms with van der Waals surface area (Å²) in [7, 11) is 0. The van der Waals surface area contributed by atoms with Gasteiger partial charge in [-0.25, -0.2) is 0 Å². The average Bonchev–Trinajstić information content (AvgIpc) is 2.24. The van der Waals surface area contributed by atoms with Crippen molar-refractivity contribution in [3.8, 4) is 0 Å². The van der Waals surface area contributed by atoms with E-state index in [1.807, 2.05) is 0 Å². The first-order chi connectivity index (χ1) is 7.63. The summed E-state index contributed by atoms with van der Waals surface area (Å²) in [4.78, 5) is 0. The molecular weight excluding hydrogens is 216 g/mol. The van der Waals surface area contributed by atoms with Crippen LogP contribution in [0.5, 0.6) is 0 Å². The molecule has 0 aliphatic carbocycles. The van der Waals surface area contributed by atoms with E-state index in [1.165, 1.54) is 36.0 Å². The molecule has 0 aromatic heterocycles. The maximum Gasteiger partial charge on any atom is 0.0376 e. The van der Waals surface area contributed by atoms with Gasteiger partial charge >= 0.3 is 0 Å². The van der Waals surface area contributed by atoms with Crippen LogP contribution in [0.3, 0.4) is 0 Å². The molecule has 1 unspecified atom stereocenters. The molecule has 0 N–H and O–H groups in total. The molecule has 0 aliphatic heterocycles. The van der Waals surface area contributed by atoms with Gasteiger partial charge in [0.25, 0.3) is 0 Å². The Labute approximate surface area is 105 Å². The zero-order valence-electron chi connectivity index (χ0n) is 10.7. The average molecular weight is 239 g/mol. The minimum atomic E-state index is 0.298. The smallest absolute Gasteiger partial charge is 0.0376 e. The van der Waals surface area contributed by atoms with Crippen molar-refractivity contribution in [1.82, 2.24) is 0 Å². The van der Waals surface area contributed by atoms with Crippen LogP contribution in [0.4, 0.5) is 0 Å². The van der Waals surface area contributed by atoms with Crippen LogP contribution in [0.15, 0.2) is 18.2 Å². The summed E-state index contributed by atoms with van der Waals surface area (Å²) >= 11 is 6.38. The van der Waals surface area contributed by atoms with E-state index in [9.17, 15) is 0 Å². The standard InChI is InChI=1S/C15H23Cl/c1-4-5-6-7-15(16)11-14-10-12(2)8-9-13(14)3/h8-10,15H,4-7,11H2,1-3H3. The van der Waals surface area contributed by atoms with Crippen molar-refractivity contribution < 1.29 is 0 Å². The van der Waals surface area contributed by atoms with E-state index in [1.54, 1.807) is 0 Å². The first kappa shape index (κ1) is 13.6. The third kappa shape index (κ3) is 4.57. The van der Waals surface area contributed by atoms with Crippen molar-refractivity contribution in [2.75, 3.05) is 0 Å². The van der Waals surface area contributed by atoms with Gasteiger partial charge in [0.05, 0.1) is 0 Å². The minimum absolute atomic E-state index is 0.298. The molecule has 0 radical (unpaired) electrons. The quantitative estimate of drug-likeness (QED) is 0.482. The Hall–Kier alpha value is -0.490. The fourth-order valence-corrected chi connectivity index (χ4v) is 2.30. The molecule has 0 spiro atoms. The molecule has 0 saturated heterocycles. The Bertz CT molecular complexity index is 317. The van der Waals surface area contributed by atoms with Crippen LogP contribution < -0.4 is 0 Å². The van der Waals surface area contributed by atoms with Gasteiger partial charge in [-0.05, 0) is 37.8 Å². The molecule has 0 bridgehead atoms. The fraction of sp³-hybridized carbons (Fsp3) is 0.600. The van der Waals surface area contributed by atoms with Gasteiger partial charge in [-0.2, -0.15) is 0 Å². The van der Waals surface area contributed by atoms with E-state index in [0.717, 1.165) is 12.8 Å². The molecular formula is C15H23Cl. The number of hydrogen-bond acceptors (Lipinski definition) is 0. The van der Waals surface area contributed by atoms with Gasteiger partial charge in [-0.3, -0.25) is 0 Å². The summed E-state index contributed by atoms with van der Waals surface area (Å²) in [5, 5.41) is 0.298. The fourth-order valence-electron chi connectivity index (χ4n) is 1.98. The van der Waals surface area contributed by atoms with E-state index < -0.39 is 0 Å². The maximum absolute atomic E-state index is 6.38. The highest BCUT2D eigenvalue weighted by atomic mass is 35.5. The molecule has 1 aromatic carbocycles. The SMILES string of the molecule is CCCCCC(Cl)Cc1cc(C)ccc1C.